The zero-order valence-electron chi connectivity index (χ0n) is 10.6. The number of rotatable bonds is 4. The minimum Gasteiger partial charge on any atom is -0.394 e. The Balaban J connectivity index is 2.44. The number of aliphatic hydroxyl groups is 1. The SMILES string of the molecule is CCC(CO)NC(=O)c1cc(=O)[nH]c2ccccc12. The molecule has 0 saturated heterocycles. The summed E-state index contributed by atoms with van der Waals surface area (Å²) in [5.74, 6) is -0.344. The molecule has 0 saturated carbocycles. The van der Waals surface area contributed by atoms with Crippen molar-refractivity contribution in [3.63, 3.8) is 0 Å². The lowest BCUT2D eigenvalue weighted by Crippen LogP contribution is -2.37. The monoisotopic (exact) mass is 260 g/mol. The molecule has 0 bridgehead atoms. The predicted molar refractivity (Wildman–Crippen MR) is 73.2 cm³/mol. The van der Waals surface area contributed by atoms with Crippen molar-refractivity contribution in [2.45, 2.75) is 19.4 Å². The van der Waals surface area contributed by atoms with E-state index in [1.165, 1.54) is 6.07 Å². The molecule has 100 valence electrons. The number of carbonyl (C=O) groups is 1. The number of aromatic nitrogens is 1. The summed E-state index contributed by atoms with van der Waals surface area (Å²) in [5, 5.41) is 12.5. The van der Waals surface area contributed by atoms with Crippen molar-refractivity contribution in [2.24, 2.45) is 0 Å². The molecule has 1 atom stereocenters. The molecule has 3 N–H and O–H groups in total. The lowest BCUT2D eigenvalue weighted by Gasteiger charge is -2.14. The summed E-state index contributed by atoms with van der Waals surface area (Å²) in [4.78, 5) is 26.4. The summed E-state index contributed by atoms with van der Waals surface area (Å²) in [7, 11) is 0. The Hall–Kier alpha value is -2.14. The first-order valence-electron chi connectivity index (χ1n) is 6.19. The first-order valence-corrected chi connectivity index (χ1v) is 6.19. The summed E-state index contributed by atoms with van der Waals surface area (Å²) < 4.78 is 0. The average molecular weight is 260 g/mol. The van der Waals surface area contributed by atoms with Gasteiger partial charge in [0.05, 0.1) is 18.2 Å². The predicted octanol–water partition coefficient (Wildman–Crippen LogP) is 1.03. The van der Waals surface area contributed by atoms with Crippen molar-refractivity contribution < 1.29 is 9.90 Å². The Morgan fingerprint density at radius 2 is 2.16 bits per heavy atom. The summed E-state index contributed by atoms with van der Waals surface area (Å²) in [6.45, 7) is 1.75. The molecule has 5 heteroatoms. The van der Waals surface area contributed by atoms with Crippen LogP contribution < -0.4 is 10.9 Å². The van der Waals surface area contributed by atoms with E-state index in [0.29, 0.717) is 22.9 Å². The van der Waals surface area contributed by atoms with Gasteiger partial charge in [-0.25, -0.2) is 0 Å². The topological polar surface area (TPSA) is 82.2 Å². The number of nitrogens with one attached hydrogen (secondary N) is 2. The highest BCUT2D eigenvalue weighted by Crippen LogP contribution is 2.14. The van der Waals surface area contributed by atoms with E-state index < -0.39 is 0 Å². The Bertz CT molecular complexity index is 644. The van der Waals surface area contributed by atoms with Gasteiger partial charge in [0.2, 0.25) is 5.56 Å². The first kappa shape index (κ1) is 13.3. The van der Waals surface area contributed by atoms with Gasteiger partial charge in [0.15, 0.2) is 0 Å². The van der Waals surface area contributed by atoms with Gasteiger partial charge in [-0.05, 0) is 12.5 Å². The molecule has 0 spiro atoms. The summed E-state index contributed by atoms with van der Waals surface area (Å²) in [6, 6.07) is 8.10. The number of aromatic amines is 1. The molecule has 0 fully saturated rings. The summed E-state index contributed by atoms with van der Waals surface area (Å²) >= 11 is 0. The molecule has 1 heterocycles. The van der Waals surface area contributed by atoms with Crippen molar-refractivity contribution >= 4 is 16.8 Å². The van der Waals surface area contributed by atoms with Crippen LogP contribution in [0, 0.1) is 0 Å². The first-order chi connectivity index (χ1) is 9.15. The van der Waals surface area contributed by atoms with Gasteiger partial charge in [-0.1, -0.05) is 25.1 Å². The van der Waals surface area contributed by atoms with Crippen LogP contribution in [0.1, 0.15) is 23.7 Å². The Labute approximate surface area is 110 Å². The van der Waals surface area contributed by atoms with Crippen LogP contribution in [0.5, 0.6) is 0 Å². The van der Waals surface area contributed by atoms with Crippen LogP contribution in [-0.4, -0.2) is 28.6 Å². The third kappa shape index (κ3) is 2.82. The highest BCUT2D eigenvalue weighted by Gasteiger charge is 2.14. The minimum atomic E-state index is -0.344. The van der Waals surface area contributed by atoms with E-state index in [-0.39, 0.29) is 24.1 Å². The third-order valence-corrected chi connectivity index (χ3v) is 3.04. The average Bonchev–Trinajstić information content (AvgIpc) is 2.43. The van der Waals surface area contributed by atoms with Gasteiger partial charge in [0.25, 0.3) is 5.91 Å². The van der Waals surface area contributed by atoms with E-state index >= 15 is 0 Å². The zero-order chi connectivity index (χ0) is 13.8. The van der Waals surface area contributed by atoms with Crippen LogP contribution in [0.2, 0.25) is 0 Å². The molecule has 0 aliphatic carbocycles. The third-order valence-electron chi connectivity index (χ3n) is 3.04. The van der Waals surface area contributed by atoms with E-state index in [4.69, 9.17) is 5.11 Å². The number of benzene rings is 1. The number of fused-ring (bicyclic) bond motifs is 1. The van der Waals surface area contributed by atoms with Crippen LogP contribution >= 0.6 is 0 Å². The van der Waals surface area contributed by atoms with E-state index in [0.717, 1.165) is 0 Å². The van der Waals surface area contributed by atoms with E-state index in [9.17, 15) is 9.59 Å². The van der Waals surface area contributed by atoms with Crippen molar-refractivity contribution in [1.29, 1.82) is 0 Å². The van der Waals surface area contributed by atoms with Gasteiger partial charge < -0.3 is 15.4 Å². The number of pyridine rings is 1. The second kappa shape index (κ2) is 5.67. The molecule has 1 aromatic carbocycles. The van der Waals surface area contributed by atoms with Gasteiger partial charge in [0, 0.05) is 17.0 Å². The number of carbonyl (C=O) groups excluding carboxylic acids is 1. The van der Waals surface area contributed by atoms with E-state index in [2.05, 4.69) is 10.3 Å². The number of aliphatic hydroxyl groups excluding tert-OH is 1. The normalized spacial score (nSPS) is 12.3. The number of hydrogen-bond donors (Lipinski definition) is 3. The fourth-order valence-electron chi connectivity index (χ4n) is 1.93. The van der Waals surface area contributed by atoms with Crippen molar-refractivity contribution in [1.82, 2.24) is 10.3 Å². The second-order valence-electron chi connectivity index (χ2n) is 4.35. The van der Waals surface area contributed by atoms with Crippen LogP contribution in [0.15, 0.2) is 35.1 Å². The number of H-pyrrole nitrogens is 1. The molecule has 19 heavy (non-hydrogen) atoms. The lowest BCUT2D eigenvalue weighted by atomic mass is 10.1. The van der Waals surface area contributed by atoms with E-state index in [1.807, 2.05) is 6.92 Å². The fraction of sp³-hybridized carbons (Fsp3) is 0.286. The van der Waals surface area contributed by atoms with Crippen LogP contribution in [0.4, 0.5) is 0 Å². The minimum absolute atomic E-state index is 0.122. The molecule has 1 amide bonds. The Morgan fingerprint density at radius 3 is 2.84 bits per heavy atom. The fourth-order valence-corrected chi connectivity index (χ4v) is 1.93. The maximum atomic E-state index is 12.2. The van der Waals surface area contributed by atoms with Crippen molar-refractivity contribution in [2.75, 3.05) is 6.61 Å². The Kier molecular flexibility index (Phi) is 3.97. The number of hydrogen-bond acceptors (Lipinski definition) is 3. The summed E-state index contributed by atoms with van der Waals surface area (Å²) in [6.07, 6.45) is 0.628. The molecule has 5 nitrogen and oxygen atoms in total. The zero-order valence-corrected chi connectivity index (χ0v) is 10.6. The van der Waals surface area contributed by atoms with Crippen LogP contribution in [0.3, 0.4) is 0 Å². The van der Waals surface area contributed by atoms with Gasteiger partial charge in [-0.15, -0.1) is 0 Å². The standard InChI is InChI=1S/C14H16N2O3/c1-2-9(8-17)15-14(19)11-7-13(18)16-12-6-4-3-5-10(11)12/h3-7,9,17H,2,8H2,1H3,(H,15,19)(H,16,18). The molecule has 1 unspecified atom stereocenters. The highest BCUT2D eigenvalue weighted by molar-refractivity contribution is 6.06. The van der Waals surface area contributed by atoms with Crippen LogP contribution in [-0.2, 0) is 0 Å². The quantitative estimate of drug-likeness (QED) is 0.768. The van der Waals surface area contributed by atoms with Gasteiger partial charge in [0.1, 0.15) is 0 Å². The van der Waals surface area contributed by atoms with Gasteiger partial charge >= 0.3 is 0 Å². The smallest absolute Gasteiger partial charge is 0.252 e. The largest absolute Gasteiger partial charge is 0.394 e. The molecule has 2 rings (SSSR count). The molecular formula is C14H16N2O3. The number of amides is 1. The Morgan fingerprint density at radius 1 is 1.42 bits per heavy atom. The molecular weight excluding hydrogens is 244 g/mol. The highest BCUT2D eigenvalue weighted by atomic mass is 16.3. The van der Waals surface area contributed by atoms with Gasteiger partial charge in [-0.3, -0.25) is 9.59 Å². The second-order valence-corrected chi connectivity index (χ2v) is 4.35. The van der Waals surface area contributed by atoms with Crippen molar-refractivity contribution in [3.8, 4) is 0 Å². The van der Waals surface area contributed by atoms with Crippen LogP contribution in [0.25, 0.3) is 10.9 Å². The molecule has 0 aliphatic rings. The molecule has 0 aliphatic heterocycles. The molecule has 0 radical (unpaired) electrons. The molecule has 2 aromatic rings. The summed E-state index contributed by atoms with van der Waals surface area (Å²) in [5.41, 5.74) is 0.629. The maximum absolute atomic E-state index is 12.2. The lowest BCUT2D eigenvalue weighted by molar-refractivity contribution is 0.0916. The van der Waals surface area contributed by atoms with Crippen molar-refractivity contribution in [3.05, 3.63) is 46.2 Å². The maximum Gasteiger partial charge on any atom is 0.252 e. The van der Waals surface area contributed by atoms with Gasteiger partial charge in [-0.2, -0.15) is 0 Å². The molecule has 1 aromatic heterocycles. The van der Waals surface area contributed by atoms with E-state index in [1.54, 1.807) is 24.3 Å². The number of para-hydroxylation sites is 1.